The number of fused-ring (bicyclic) bond motifs is 1. The zero-order chi connectivity index (χ0) is 15.4. The molecule has 5 nitrogen and oxygen atoms in total. The van der Waals surface area contributed by atoms with Crippen molar-refractivity contribution in [2.45, 2.75) is 31.3 Å². The van der Waals surface area contributed by atoms with E-state index in [1.165, 1.54) is 0 Å². The molecule has 0 bridgehead atoms. The van der Waals surface area contributed by atoms with E-state index in [4.69, 9.17) is 10.7 Å². The summed E-state index contributed by atoms with van der Waals surface area (Å²) in [5.74, 6) is -0.271. The predicted octanol–water partition coefficient (Wildman–Crippen LogP) is 1.15. The molecule has 3 rings (SSSR count). The molecule has 1 amide bonds. The van der Waals surface area contributed by atoms with Gasteiger partial charge in [-0.15, -0.1) is 0 Å². The highest BCUT2D eigenvalue weighted by molar-refractivity contribution is 9.10. The van der Waals surface area contributed by atoms with Gasteiger partial charge in [0.15, 0.2) is 0 Å². The van der Waals surface area contributed by atoms with Gasteiger partial charge in [-0.05, 0) is 61.4 Å². The Morgan fingerprint density at radius 3 is 2.90 bits per heavy atom. The van der Waals surface area contributed by atoms with Crippen molar-refractivity contribution in [2.24, 2.45) is 11.1 Å². The number of hydrogen-bond acceptors (Lipinski definition) is 4. The normalized spacial score (nSPS) is 34.0. The Labute approximate surface area is 133 Å². The second-order valence-electron chi connectivity index (χ2n) is 6.70. The van der Waals surface area contributed by atoms with E-state index in [0.29, 0.717) is 0 Å². The maximum absolute atomic E-state index is 11.6. The lowest BCUT2D eigenvalue weighted by Gasteiger charge is -2.23. The lowest BCUT2D eigenvalue weighted by molar-refractivity contribution is -0.120. The fraction of sp³-hybridized carbons (Fsp3) is 0.600. The third kappa shape index (κ3) is 2.20. The van der Waals surface area contributed by atoms with Crippen LogP contribution in [0.15, 0.2) is 16.7 Å². The molecule has 3 unspecified atom stereocenters. The molecule has 6 heteroatoms. The van der Waals surface area contributed by atoms with Gasteiger partial charge in [-0.25, -0.2) is 4.98 Å². The Balaban J connectivity index is 2.02. The number of amides is 1. The van der Waals surface area contributed by atoms with Crippen molar-refractivity contribution in [1.29, 1.82) is 0 Å². The molecule has 1 aliphatic heterocycles. The molecule has 114 valence electrons. The highest BCUT2D eigenvalue weighted by atomic mass is 79.9. The second kappa shape index (κ2) is 4.76. The summed E-state index contributed by atoms with van der Waals surface area (Å²) in [7, 11) is 4.13. The Hall–Kier alpha value is -0.980. The molecule has 1 aromatic heterocycles. The Bertz CT molecular complexity index is 605. The number of primary amides is 1. The highest BCUT2D eigenvalue weighted by Crippen LogP contribution is 2.69. The fourth-order valence-corrected chi connectivity index (χ4v) is 4.34. The number of carbonyl (C=O) groups is 1. The topological polar surface area (TPSA) is 71.2 Å². The minimum atomic E-state index is -0.271. The molecule has 1 aromatic rings. The van der Waals surface area contributed by atoms with Crippen LogP contribution in [0, 0.1) is 12.3 Å². The van der Waals surface area contributed by atoms with Crippen LogP contribution < -0.4 is 11.1 Å². The number of pyridine rings is 1. The molecule has 2 fully saturated rings. The monoisotopic (exact) mass is 352 g/mol. The second-order valence-corrected chi connectivity index (χ2v) is 7.52. The van der Waals surface area contributed by atoms with E-state index in [1.54, 1.807) is 0 Å². The first kappa shape index (κ1) is 14.9. The highest BCUT2D eigenvalue weighted by Gasteiger charge is 2.74. The molecule has 21 heavy (non-hydrogen) atoms. The average Bonchev–Trinajstić information content (AvgIpc) is 2.87. The maximum Gasteiger partial charge on any atom is 0.234 e. The van der Waals surface area contributed by atoms with E-state index >= 15 is 0 Å². The summed E-state index contributed by atoms with van der Waals surface area (Å²) >= 11 is 3.46. The summed E-state index contributed by atoms with van der Waals surface area (Å²) < 4.78 is 0.826. The van der Waals surface area contributed by atoms with Crippen LogP contribution in [0.1, 0.15) is 24.1 Å². The average molecular weight is 353 g/mol. The van der Waals surface area contributed by atoms with Crippen molar-refractivity contribution < 1.29 is 4.79 Å². The van der Waals surface area contributed by atoms with Gasteiger partial charge in [-0.2, -0.15) is 0 Å². The zero-order valence-corrected chi connectivity index (χ0v) is 14.2. The van der Waals surface area contributed by atoms with Crippen molar-refractivity contribution >= 4 is 21.8 Å². The summed E-state index contributed by atoms with van der Waals surface area (Å²) in [5, 5.41) is 3.49. The molecule has 2 heterocycles. The zero-order valence-electron chi connectivity index (χ0n) is 12.6. The van der Waals surface area contributed by atoms with Gasteiger partial charge in [0.2, 0.25) is 5.91 Å². The van der Waals surface area contributed by atoms with E-state index in [2.05, 4.69) is 53.2 Å². The number of rotatable bonds is 4. The van der Waals surface area contributed by atoms with Crippen molar-refractivity contribution in [3.8, 4) is 0 Å². The summed E-state index contributed by atoms with van der Waals surface area (Å²) in [6.45, 7) is 3.00. The van der Waals surface area contributed by atoms with Gasteiger partial charge in [-0.1, -0.05) is 6.07 Å². The molecule has 1 aliphatic carbocycles. The van der Waals surface area contributed by atoms with Crippen LogP contribution in [0.2, 0.25) is 0 Å². The van der Waals surface area contributed by atoms with E-state index in [-0.39, 0.29) is 22.9 Å². The standard InChI is InChI=1S/C15H21BrN4O/c1-9-4-5-11(16)18-12(9)15-7-14(15,8-20(2)3)6-10(19-15)13(17)21/h4-5,10,19H,6-8H2,1-3H3,(H2,17,21). The number of nitrogens with zero attached hydrogens (tertiary/aromatic N) is 2. The van der Waals surface area contributed by atoms with Crippen LogP contribution in [0.3, 0.4) is 0 Å². The van der Waals surface area contributed by atoms with E-state index in [1.807, 2.05) is 6.07 Å². The Kier molecular flexibility index (Phi) is 3.39. The Morgan fingerprint density at radius 1 is 1.57 bits per heavy atom. The minimum Gasteiger partial charge on any atom is -0.368 e. The van der Waals surface area contributed by atoms with Crippen LogP contribution in [-0.4, -0.2) is 42.5 Å². The fourth-order valence-electron chi connectivity index (χ4n) is 4.03. The van der Waals surface area contributed by atoms with Crippen LogP contribution in [-0.2, 0) is 10.3 Å². The summed E-state index contributed by atoms with van der Waals surface area (Å²) in [6, 6.07) is 3.75. The molecule has 1 saturated heterocycles. The number of hydrogen-bond donors (Lipinski definition) is 2. The number of carbonyl (C=O) groups excluding carboxylic acids is 1. The van der Waals surface area contributed by atoms with E-state index in [0.717, 1.165) is 35.2 Å². The molecule has 3 atom stereocenters. The molecule has 0 radical (unpaired) electrons. The Morgan fingerprint density at radius 2 is 2.29 bits per heavy atom. The lowest BCUT2D eigenvalue weighted by Crippen LogP contribution is -2.42. The van der Waals surface area contributed by atoms with Gasteiger partial charge in [0.1, 0.15) is 4.60 Å². The van der Waals surface area contributed by atoms with Gasteiger partial charge in [0.25, 0.3) is 0 Å². The van der Waals surface area contributed by atoms with Gasteiger partial charge < -0.3 is 10.6 Å². The van der Waals surface area contributed by atoms with Gasteiger partial charge in [-0.3, -0.25) is 10.1 Å². The molecular weight excluding hydrogens is 332 g/mol. The van der Waals surface area contributed by atoms with Crippen molar-refractivity contribution in [1.82, 2.24) is 15.2 Å². The maximum atomic E-state index is 11.6. The minimum absolute atomic E-state index is 0.0503. The third-order valence-electron chi connectivity index (χ3n) is 4.83. The van der Waals surface area contributed by atoms with Crippen LogP contribution in [0.25, 0.3) is 0 Å². The largest absolute Gasteiger partial charge is 0.368 e. The van der Waals surface area contributed by atoms with E-state index in [9.17, 15) is 4.79 Å². The number of nitrogens with one attached hydrogen (secondary N) is 1. The van der Waals surface area contributed by atoms with Gasteiger partial charge in [0, 0.05) is 12.0 Å². The number of piperidine rings is 1. The first-order valence-corrected chi connectivity index (χ1v) is 7.94. The number of aryl methyl sites for hydroxylation is 1. The van der Waals surface area contributed by atoms with Gasteiger partial charge in [0.05, 0.1) is 17.3 Å². The van der Waals surface area contributed by atoms with Crippen LogP contribution in [0.4, 0.5) is 0 Å². The summed E-state index contributed by atoms with van der Waals surface area (Å²) in [5.41, 5.74) is 7.56. The van der Waals surface area contributed by atoms with E-state index < -0.39 is 0 Å². The van der Waals surface area contributed by atoms with Crippen LogP contribution in [0.5, 0.6) is 0 Å². The summed E-state index contributed by atoms with van der Waals surface area (Å²) in [4.78, 5) is 18.5. The first-order chi connectivity index (χ1) is 9.79. The molecule has 1 saturated carbocycles. The van der Waals surface area contributed by atoms with Crippen molar-refractivity contribution in [3.63, 3.8) is 0 Å². The molecule has 2 aliphatic rings. The van der Waals surface area contributed by atoms with Crippen molar-refractivity contribution in [2.75, 3.05) is 20.6 Å². The molecule has 0 aromatic carbocycles. The summed E-state index contributed by atoms with van der Waals surface area (Å²) in [6.07, 6.45) is 1.79. The molecule has 3 N–H and O–H groups in total. The SMILES string of the molecule is Cc1ccc(Br)nc1C12CC1(CN(C)C)CC(C(N)=O)N2. The smallest absolute Gasteiger partial charge is 0.234 e. The number of halogens is 1. The quantitative estimate of drug-likeness (QED) is 0.797. The van der Waals surface area contributed by atoms with Crippen LogP contribution >= 0.6 is 15.9 Å². The number of aromatic nitrogens is 1. The third-order valence-corrected chi connectivity index (χ3v) is 5.27. The molecular formula is C15H21BrN4O. The van der Waals surface area contributed by atoms with Gasteiger partial charge >= 0.3 is 0 Å². The molecule has 0 spiro atoms. The van der Waals surface area contributed by atoms with Crippen molar-refractivity contribution in [3.05, 3.63) is 28.0 Å². The first-order valence-electron chi connectivity index (χ1n) is 7.15. The predicted molar refractivity (Wildman–Crippen MR) is 84.7 cm³/mol. The lowest BCUT2D eigenvalue weighted by atomic mass is 9.93. The number of nitrogens with two attached hydrogens (primary N) is 1.